The fraction of sp³-hybridized carbons (Fsp3) is 0.357. The number of carboxylic acids is 1. The van der Waals surface area contributed by atoms with Gasteiger partial charge in [0.15, 0.2) is 0 Å². The number of hydrogen-bond acceptors (Lipinski definition) is 1. The van der Waals surface area contributed by atoms with Crippen LogP contribution in [0.2, 0.25) is 10.0 Å². The predicted octanol–water partition coefficient (Wildman–Crippen LogP) is 4.38. The van der Waals surface area contributed by atoms with Crippen molar-refractivity contribution in [3.63, 3.8) is 0 Å². The van der Waals surface area contributed by atoms with Crippen molar-refractivity contribution >= 4 is 40.1 Å². The number of aliphatic carboxylic acids is 1. The Hall–Kier alpha value is -1.19. The minimum atomic E-state index is -0.847. The number of halogens is 2. The Morgan fingerprint density at radius 3 is 2.74 bits per heavy atom. The van der Waals surface area contributed by atoms with E-state index in [-0.39, 0.29) is 6.42 Å². The van der Waals surface area contributed by atoms with Crippen molar-refractivity contribution in [3.8, 4) is 0 Å². The van der Waals surface area contributed by atoms with E-state index in [2.05, 4.69) is 6.92 Å². The van der Waals surface area contributed by atoms with Crippen LogP contribution in [0.15, 0.2) is 18.3 Å². The monoisotopic (exact) mass is 299 g/mol. The summed E-state index contributed by atoms with van der Waals surface area (Å²) in [5, 5.41) is 10.8. The molecule has 0 radical (unpaired) electrons. The second kappa shape index (κ2) is 5.85. The van der Waals surface area contributed by atoms with Gasteiger partial charge in [-0.1, -0.05) is 42.6 Å². The molecule has 1 aromatic heterocycles. The van der Waals surface area contributed by atoms with Gasteiger partial charge in [-0.2, -0.15) is 0 Å². The van der Waals surface area contributed by atoms with Gasteiger partial charge in [-0.25, -0.2) is 0 Å². The number of fused-ring (bicyclic) bond motifs is 1. The number of aromatic nitrogens is 1. The number of carbonyl (C=O) groups is 1. The molecule has 0 aliphatic rings. The molecule has 1 aromatic carbocycles. The van der Waals surface area contributed by atoms with Gasteiger partial charge in [-0.3, -0.25) is 4.79 Å². The second-order valence-corrected chi connectivity index (χ2v) is 5.31. The van der Waals surface area contributed by atoms with E-state index < -0.39 is 5.97 Å². The van der Waals surface area contributed by atoms with Crippen LogP contribution in [-0.4, -0.2) is 15.6 Å². The van der Waals surface area contributed by atoms with Crippen LogP contribution in [0.5, 0.6) is 0 Å². The molecule has 0 atom stereocenters. The van der Waals surface area contributed by atoms with Crippen molar-refractivity contribution in [1.29, 1.82) is 0 Å². The lowest BCUT2D eigenvalue weighted by Crippen LogP contribution is -1.99. The Morgan fingerprint density at radius 2 is 2.11 bits per heavy atom. The third kappa shape index (κ3) is 2.88. The molecule has 0 aliphatic carbocycles. The molecule has 0 saturated carbocycles. The second-order valence-electron chi connectivity index (χ2n) is 4.53. The predicted molar refractivity (Wildman–Crippen MR) is 78.2 cm³/mol. The summed E-state index contributed by atoms with van der Waals surface area (Å²) >= 11 is 12.3. The van der Waals surface area contributed by atoms with Crippen molar-refractivity contribution < 1.29 is 9.90 Å². The van der Waals surface area contributed by atoms with Gasteiger partial charge in [0.05, 0.1) is 22.0 Å². The lowest BCUT2D eigenvalue weighted by molar-refractivity contribution is -0.136. The zero-order valence-corrected chi connectivity index (χ0v) is 12.1. The molecule has 0 unspecified atom stereocenters. The first-order valence-corrected chi connectivity index (χ1v) is 6.97. The third-order valence-corrected chi connectivity index (χ3v) is 3.90. The Bertz CT molecular complexity index is 619. The topological polar surface area (TPSA) is 42.2 Å². The lowest BCUT2D eigenvalue weighted by Gasteiger charge is -2.06. The van der Waals surface area contributed by atoms with Gasteiger partial charge >= 0.3 is 5.97 Å². The fourth-order valence-corrected chi connectivity index (χ4v) is 2.64. The molecular formula is C14H15Cl2NO2. The molecule has 0 amide bonds. The molecule has 0 bridgehead atoms. The van der Waals surface area contributed by atoms with Crippen molar-refractivity contribution in [3.05, 3.63) is 33.9 Å². The van der Waals surface area contributed by atoms with Crippen LogP contribution < -0.4 is 0 Å². The normalized spacial score (nSPS) is 11.1. The molecule has 1 N–H and O–H groups in total. The van der Waals surface area contributed by atoms with Gasteiger partial charge in [-0.05, 0) is 18.1 Å². The summed E-state index contributed by atoms with van der Waals surface area (Å²) in [4.78, 5) is 10.9. The molecule has 102 valence electrons. The highest BCUT2D eigenvalue weighted by Gasteiger charge is 2.15. The Balaban J connectivity index is 2.59. The van der Waals surface area contributed by atoms with Crippen LogP contribution in [0.25, 0.3) is 10.9 Å². The van der Waals surface area contributed by atoms with E-state index in [0.717, 1.165) is 35.9 Å². The molecule has 5 heteroatoms. The number of aryl methyl sites for hydroxylation is 1. The van der Waals surface area contributed by atoms with Gasteiger partial charge in [-0.15, -0.1) is 0 Å². The molecular weight excluding hydrogens is 285 g/mol. The Morgan fingerprint density at radius 1 is 1.37 bits per heavy atom. The van der Waals surface area contributed by atoms with E-state index in [9.17, 15) is 4.79 Å². The van der Waals surface area contributed by atoms with Gasteiger partial charge in [0.25, 0.3) is 0 Å². The van der Waals surface area contributed by atoms with Crippen LogP contribution in [-0.2, 0) is 17.8 Å². The first-order valence-electron chi connectivity index (χ1n) is 6.22. The van der Waals surface area contributed by atoms with Crippen molar-refractivity contribution in [1.82, 2.24) is 4.57 Å². The molecule has 0 saturated heterocycles. The number of benzene rings is 1. The highest BCUT2D eigenvalue weighted by atomic mass is 35.5. The van der Waals surface area contributed by atoms with E-state index in [4.69, 9.17) is 28.3 Å². The first-order chi connectivity index (χ1) is 9.04. The van der Waals surface area contributed by atoms with Crippen LogP contribution in [0, 0.1) is 0 Å². The smallest absolute Gasteiger partial charge is 0.307 e. The van der Waals surface area contributed by atoms with Crippen LogP contribution in [0.3, 0.4) is 0 Å². The Kier molecular flexibility index (Phi) is 4.38. The molecule has 0 spiro atoms. The lowest BCUT2D eigenvalue weighted by atomic mass is 10.1. The summed E-state index contributed by atoms with van der Waals surface area (Å²) in [7, 11) is 0. The summed E-state index contributed by atoms with van der Waals surface area (Å²) in [6.07, 6.45) is 3.94. The number of nitrogens with zero attached hydrogens (tertiary/aromatic N) is 1. The standard InChI is InChI=1S/C14H15Cl2NO2/c1-2-3-6-17-8-9(7-12(18)19)10-4-5-11(15)13(16)14(10)17/h4-5,8H,2-3,6-7H2,1H3,(H,18,19). The van der Waals surface area contributed by atoms with E-state index >= 15 is 0 Å². The summed E-state index contributed by atoms with van der Waals surface area (Å²) in [6.45, 7) is 2.92. The van der Waals surface area contributed by atoms with E-state index in [1.165, 1.54) is 0 Å². The molecule has 19 heavy (non-hydrogen) atoms. The molecule has 3 nitrogen and oxygen atoms in total. The number of unbranched alkanes of at least 4 members (excludes halogenated alkanes) is 1. The third-order valence-electron chi connectivity index (χ3n) is 3.11. The highest BCUT2D eigenvalue weighted by molar-refractivity contribution is 6.45. The summed E-state index contributed by atoms with van der Waals surface area (Å²) in [6, 6.07) is 3.55. The van der Waals surface area contributed by atoms with Crippen molar-refractivity contribution in [2.45, 2.75) is 32.7 Å². The van der Waals surface area contributed by atoms with Gasteiger partial charge in [0.1, 0.15) is 0 Å². The van der Waals surface area contributed by atoms with Gasteiger partial charge in [0, 0.05) is 18.1 Å². The van der Waals surface area contributed by atoms with Crippen molar-refractivity contribution in [2.75, 3.05) is 0 Å². The van der Waals surface area contributed by atoms with Crippen molar-refractivity contribution in [2.24, 2.45) is 0 Å². The maximum Gasteiger partial charge on any atom is 0.307 e. The first kappa shape index (κ1) is 14.2. The molecule has 0 fully saturated rings. The van der Waals surface area contributed by atoms with Crippen LogP contribution >= 0.6 is 23.2 Å². The van der Waals surface area contributed by atoms with Crippen LogP contribution in [0.4, 0.5) is 0 Å². The zero-order valence-electron chi connectivity index (χ0n) is 10.6. The Labute approximate surface area is 121 Å². The molecule has 0 aliphatic heterocycles. The minimum Gasteiger partial charge on any atom is -0.481 e. The number of hydrogen-bond donors (Lipinski definition) is 1. The largest absolute Gasteiger partial charge is 0.481 e. The number of rotatable bonds is 5. The van der Waals surface area contributed by atoms with Gasteiger partial charge in [0.2, 0.25) is 0 Å². The minimum absolute atomic E-state index is 0.00636. The van der Waals surface area contributed by atoms with E-state index in [1.807, 2.05) is 16.8 Å². The molecule has 2 rings (SSSR count). The van der Waals surface area contributed by atoms with E-state index in [0.29, 0.717) is 10.0 Å². The van der Waals surface area contributed by atoms with Crippen LogP contribution in [0.1, 0.15) is 25.3 Å². The zero-order chi connectivity index (χ0) is 14.0. The SMILES string of the molecule is CCCCn1cc(CC(=O)O)c2ccc(Cl)c(Cl)c21. The summed E-state index contributed by atoms with van der Waals surface area (Å²) in [5.41, 5.74) is 1.61. The summed E-state index contributed by atoms with van der Waals surface area (Å²) in [5.74, 6) is -0.847. The summed E-state index contributed by atoms with van der Waals surface area (Å²) < 4.78 is 2.01. The average Bonchev–Trinajstić information content (AvgIpc) is 2.69. The average molecular weight is 300 g/mol. The fourth-order valence-electron chi connectivity index (χ4n) is 2.21. The molecule has 2 aromatic rings. The molecule has 1 heterocycles. The highest BCUT2D eigenvalue weighted by Crippen LogP contribution is 2.34. The maximum atomic E-state index is 10.9. The number of carboxylic acid groups (broad SMARTS) is 1. The maximum absolute atomic E-state index is 10.9. The van der Waals surface area contributed by atoms with Gasteiger partial charge < -0.3 is 9.67 Å². The van der Waals surface area contributed by atoms with E-state index in [1.54, 1.807) is 6.07 Å². The quantitative estimate of drug-likeness (QED) is 0.890.